The fourth-order valence-corrected chi connectivity index (χ4v) is 4.25. The van der Waals surface area contributed by atoms with Crippen molar-refractivity contribution in [2.45, 2.75) is 32.9 Å². The van der Waals surface area contributed by atoms with Gasteiger partial charge in [-0.1, -0.05) is 17.7 Å². The number of Topliss-reactive ketones (excluding diaryl/α,β-unsaturated/α-hetero) is 1. The smallest absolute Gasteiger partial charge is 0.338 e. The van der Waals surface area contributed by atoms with Gasteiger partial charge >= 0.3 is 5.97 Å². The van der Waals surface area contributed by atoms with E-state index in [1.807, 2.05) is 6.92 Å². The quantitative estimate of drug-likeness (QED) is 0.194. The zero-order valence-electron chi connectivity index (χ0n) is 20.5. The van der Waals surface area contributed by atoms with Gasteiger partial charge in [-0.25, -0.2) is 4.79 Å². The first-order valence-electron chi connectivity index (χ1n) is 11.7. The molecule has 0 aliphatic carbocycles. The highest BCUT2D eigenvalue weighted by Gasteiger charge is 2.47. The topological polar surface area (TPSA) is 106 Å². The van der Waals surface area contributed by atoms with Crippen LogP contribution in [-0.2, 0) is 14.3 Å². The van der Waals surface area contributed by atoms with Gasteiger partial charge < -0.3 is 14.6 Å². The number of pyridine rings is 1. The molecule has 190 valence electrons. The predicted molar refractivity (Wildman–Crippen MR) is 139 cm³/mol. The number of aromatic nitrogens is 1. The van der Waals surface area contributed by atoms with Crippen molar-refractivity contribution in [2.24, 2.45) is 0 Å². The van der Waals surface area contributed by atoms with Crippen LogP contribution in [-0.4, -0.2) is 40.5 Å². The van der Waals surface area contributed by atoms with Crippen LogP contribution in [0.15, 0.2) is 72.4 Å². The van der Waals surface area contributed by atoms with Crippen LogP contribution in [0.1, 0.15) is 48.4 Å². The van der Waals surface area contributed by atoms with E-state index in [0.29, 0.717) is 29.3 Å². The summed E-state index contributed by atoms with van der Waals surface area (Å²) in [4.78, 5) is 44.5. The molecule has 2 aromatic carbocycles. The van der Waals surface area contributed by atoms with Crippen molar-refractivity contribution in [3.63, 3.8) is 0 Å². The molecule has 0 radical (unpaired) electrons. The van der Waals surface area contributed by atoms with Gasteiger partial charge in [0.2, 0.25) is 0 Å². The molecule has 1 N–H and O–H groups in total. The molecule has 4 rings (SSSR count). The summed E-state index contributed by atoms with van der Waals surface area (Å²) in [7, 11) is 0. The van der Waals surface area contributed by atoms with E-state index in [-0.39, 0.29) is 22.3 Å². The van der Waals surface area contributed by atoms with E-state index in [2.05, 4.69) is 4.98 Å². The van der Waals surface area contributed by atoms with E-state index in [1.165, 1.54) is 29.3 Å². The number of esters is 1. The van der Waals surface area contributed by atoms with E-state index in [1.54, 1.807) is 56.3 Å². The van der Waals surface area contributed by atoms with E-state index < -0.39 is 29.5 Å². The lowest BCUT2D eigenvalue weighted by Crippen LogP contribution is -2.29. The molecule has 1 aliphatic rings. The number of hydrogen-bond acceptors (Lipinski definition) is 7. The molecule has 9 heteroatoms. The number of anilines is 1. The molecule has 1 atom stereocenters. The fraction of sp³-hybridized carbons (Fsp3) is 0.214. The molecule has 2 heterocycles. The Morgan fingerprint density at radius 2 is 1.84 bits per heavy atom. The van der Waals surface area contributed by atoms with E-state index in [9.17, 15) is 19.5 Å². The van der Waals surface area contributed by atoms with Crippen LogP contribution in [0.25, 0.3) is 5.76 Å². The molecule has 8 nitrogen and oxygen atoms in total. The summed E-state index contributed by atoms with van der Waals surface area (Å²) in [5.41, 5.74) is 0.986. The molecule has 0 saturated carbocycles. The molecule has 1 aromatic heterocycles. The summed E-state index contributed by atoms with van der Waals surface area (Å²) >= 11 is 6.36. The summed E-state index contributed by atoms with van der Waals surface area (Å²) in [6.07, 6.45) is 1.24. The maximum atomic E-state index is 13.3. The van der Waals surface area contributed by atoms with E-state index >= 15 is 0 Å². The largest absolute Gasteiger partial charge is 0.507 e. The number of hydrogen-bond donors (Lipinski definition) is 1. The lowest BCUT2D eigenvalue weighted by atomic mass is 9.98. The highest BCUT2D eigenvalue weighted by atomic mass is 35.5. The molecular formula is C28H25ClN2O6. The van der Waals surface area contributed by atoms with Crippen molar-refractivity contribution in [1.29, 1.82) is 0 Å². The van der Waals surface area contributed by atoms with Gasteiger partial charge in [0.25, 0.3) is 11.7 Å². The van der Waals surface area contributed by atoms with Crippen molar-refractivity contribution in [2.75, 3.05) is 11.5 Å². The Balaban J connectivity index is 1.84. The van der Waals surface area contributed by atoms with Gasteiger partial charge in [0, 0.05) is 17.4 Å². The summed E-state index contributed by atoms with van der Waals surface area (Å²) in [6.45, 7) is 5.69. The van der Waals surface area contributed by atoms with Crippen molar-refractivity contribution in [3.05, 3.63) is 94.3 Å². The molecule has 37 heavy (non-hydrogen) atoms. The van der Waals surface area contributed by atoms with E-state index in [4.69, 9.17) is 21.1 Å². The zero-order valence-corrected chi connectivity index (χ0v) is 21.2. The Morgan fingerprint density at radius 3 is 2.46 bits per heavy atom. The average Bonchev–Trinajstić information content (AvgIpc) is 3.15. The second-order valence-corrected chi connectivity index (χ2v) is 8.91. The number of rotatable bonds is 7. The maximum absolute atomic E-state index is 13.3. The van der Waals surface area contributed by atoms with Gasteiger partial charge in [0.1, 0.15) is 17.6 Å². The average molecular weight is 521 g/mol. The number of amides is 1. The number of aliphatic hydroxyl groups is 1. The highest BCUT2D eigenvalue weighted by molar-refractivity contribution is 6.52. The van der Waals surface area contributed by atoms with Crippen LogP contribution >= 0.6 is 11.6 Å². The minimum Gasteiger partial charge on any atom is -0.507 e. The Labute approximate surface area is 219 Å². The molecule has 1 aliphatic heterocycles. The summed E-state index contributed by atoms with van der Waals surface area (Å²) < 4.78 is 10.7. The highest BCUT2D eigenvalue weighted by Crippen LogP contribution is 2.42. The molecule has 1 amide bonds. The monoisotopic (exact) mass is 520 g/mol. The number of ether oxygens (including phenoxy) is 2. The first kappa shape index (κ1) is 25.9. The Kier molecular flexibility index (Phi) is 7.59. The third-order valence-corrected chi connectivity index (χ3v) is 5.97. The van der Waals surface area contributed by atoms with Crippen LogP contribution in [0, 0.1) is 0 Å². The minimum atomic E-state index is -1.04. The summed E-state index contributed by atoms with van der Waals surface area (Å²) in [5, 5.41) is 11.5. The fourth-order valence-electron chi connectivity index (χ4n) is 4.04. The van der Waals surface area contributed by atoms with Gasteiger partial charge in [0.15, 0.2) is 0 Å². The molecule has 1 unspecified atom stereocenters. The molecular weight excluding hydrogens is 496 g/mol. The van der Waals surface area contributed by atoms with Crippen LogP contribution in [0.5, 0.6) is 5.75 Å². The first-order chi connectivity index (χ1) is 17.7. The number of benzene rings is 2. The summed E-state index contributed by atoms with van der Waals surface area (Å²) in [5.74, 6) is -2.25. The van der Waals surface area contributed by atoms with Gasteiger partial charge in [-0.15, -0.1) is 0 Å². The molecule has 1 saturated heterocycles. The SMILES string of the molecule is CCOc1ccc(Cl)c(/C(O)=C2\C(=O)C(=O)N(c3ccc(C(=O)OC(C)C)cc3)C2c2ccccn2)c1. The van der Waals surface area contributed by atoms with Gasteiger partial charge in [0.05, 0.1) is 34.6 Å². The van der Waals surface area contributed by atoms with Crippen LogP contribution in [0.2, 0.25) is 5.02 Å². The van der Waals surface area contributed by atoms with Crippen molar-refractivity contribution < 1.29 is 29.0 Å². The van der Waals surface area contributed by atoms with Crippen LogP contribution in [0.3, 0.4) is 0 Å². The van der Waals surface area contributed by atoms with Crippen molar-refractivity contribution in [3.8, 4) is 5.75 Å². The second kappa shape index (κ2) is 10.8. The van der Waals surface area contributed by atoms with Gasteiger partial charge in [-0.2, -0.15) is 0 Å². The summed E-state index contributed by atoms with van der Waals surface area (Å²) in [6, 6.07) is 14.8. The number of carbonyl (C=O) groups excluding carboxylic acids is 3. The third-order valence-electron chi connectivity index (χ3n) is 5.64. The number of halogens is 1. The Hall–Kier alpha value is -4.17. The zero-order chi connectivity index (χ0) is 26.7. The lowest BCUT2D eigenvalue weighted by molar-refractivity contribution is -0.132. The van der Waals surface area contributed by atoms with Crippen molar-refractivity contribution >= 4 is 40.7 Å². The number of carbonyl (C=O) groups is 3. The first-order valence-corrected chi connectivity index (χ1v) is 12.1. The Morgan fingerprint density at radius 1 is 1.11 bits per heavy atom. The predicted octanol–water partition coefficient (Wildman–Crippen LogP) is 5.33. The molecule has 0 spiro atoms. The van der Waals surface area contributed by atoms with Crippen molar-refractivity contribution in [1.82, 2.24) is 4.98 Å². The molecule has 1 fully saturated rings. The Bertz CT molecular complexity index is 1370. The third kappa shape index (κ3) is 5.20. The standard InChI is InChI=1S/C28H25ClN2O6/c1-4-36-19-12-13-21(29)20(15-19)25(32)23-24(22-7-5-6-14-30-22)31(27(34)26(23)33)18-10-8-17(9-11-18)28(35)37-16(2)3/h5-16,24,32H,4H2,1-3H3/b25-23+. The van der Waals surface area contributed by atoms with E-state index in [0.717, 1.165) is 0 Å². The van der Waals surface area contributed by atoms with Crippen LogP contribution in [0.4, 0.5) is 5.69 Å². The second-order valence-electron chi connectivity index (χ2n) is 8.50. The maximum Gasteiger partial charge on any atom is 0.338 e. The minimum absolute atomic E-state index is 0.151. The van der Waals surface area contributed by atoms with Gasteiger partial charge in [-0.05, 0) is 75.4 Å². The number of ketones is 1. The van der Waals surface area contributed by atoms with Gasteiger partial charge in [-0.3, -0.25) is 19.5 Å². The number of nitrogens with zero attached hydrogens (tertiary/aromatic N) is 2. The lowest BCUT2D eigenvalue weighted by Gasteiger charge is -2.25. The van der Waals surface area contributed by atoms with Crippen LogP contribution < -0.4 is 9.64 Å². The normalized spacial score (nSPS) is 16.8. The molecule has 3 aromatic rings. The number of aliphatic hydroxyl groups excluding tert-OH is 1. The molecule has 0 bridgehead atoms.